The van der Waals surface area contributed by atoms with Crippen molar-refractivity contribution in [1.82, 2.24) is 9.55 Å². The molecule has 0 saturated heterocycles. The number of hydrogen-bond acceptors (Lipinski definition) is 4. The summed E-state index contributed by atoms with van der Waals surface area (Å²) in [6, 6.07) is 9.02. The molecule has 0 aliphatic heterocycles. The number of hydrogen-bond donors (Lipinski definition) is 0. The zero-order valence-corrected chi connectivity index (χ0v) is 12.7. The van der Waals surface area contributed by atoms with Gasteiger partial charge in [0.15, 0.2) is 11.4 Å². The van der Waals surface area contributed by atoms with E-state index in [1.54, 1.807) is 23.8 Å². The molecule has 2 heterocycles. The molecule has 4 nitrogen and oxygen atoms in total. The maximum Gasteiger partial charge on any atom is 0.194 e. The van der Waals surface area contributed by atoms with E-state index in [2.05, 4.69) is 4.98 Å². The average molecular weight is 319 g/mol. The zero-order valence-electron chi connectivity index (χ0n) is 11.1. The fraction of sp³-hybridized carbons (Fsp3) is 0.0667. The number of benzene rings is 1. The van der Waals surface area contributed by atoms with Crippen LogP contribution in [0.25, 0.3) is 16.4 Å². The van der Waals surface area contributed by atoms with Crippen LogP contribution < -0.4 is 4.74 Å². The normalized spacial score (nSPS) is 10.6. The molecule has 0 spiro atoms. The highest BCUT2D eigenvalue weighted by Gasteiger charge is 2.11. The molecule has 0 radical (unpaired) electrons. The molecule has 0 atom stereocenters. The number of carbonyl (C=O) groups is 1. The minimum absolute atomic E-state index is 0.566. The van der Waals surface area contributed by atoms with Gasteiger partial charge in [0.2, 0.25) is 0 Å². The Kier molecular flexibility index (Phi) is 3.77. The average Bonchev–Trinajstić information content (AvgIpc) is 3.15. The van der Waals surface area contributed by atoms with Crippen molar-refractivity contribution in [3.8, 4) is 22.1 Å². The predicted molar refractivity (Wildman–Crippen MR) is 83.8 cm³/mol. The van der Waals surface area contributed by atoms with Crippen molar-refractivity contribution in [2.24, 2.45) is 0 Å². The van der Waals surface area contributed by atoms with Crippen LogP contribution in [0.15, 0.2) is 41.9 Å². The monoisotopic (exact) mass is 318 g/mol. The number of nitrogens with zero attached hydrogens (tertiary/aromatic N) is 2. The molecule has 0 aliphatic carbocycles. The molecule has 106 valence electrons. The molecule has 0 N–H and O–H groups in total. The van der Waals surface area contributed by atoms with Crippen LogP contribution in [-0.4, -0.2) is 22.9 Å². The largest absolute Gasteiger partial charge is 0.497 e. The molecule has 0 aliphatic rings. The summed E-state index contributed by atoms with van der Waals surface area (Å²) in [7, 11) is 1.60. The van der Waals surface area contributed by atoms with Crippen molar-refractivity contribution < 1.29 is 9.53 Å². The van der Waals surface area contributed by atoms with Gasteiger partial charge in [-0.25, -0.2) is 4.98 Å². The van der Waals surface area contributed by atoms with Crippen molar-refractivity contribution in [1.29, 1.82) is 0 Å². The highest BCUT2D eigenvalue weighted by Crippen LogP contribution is 2.32. The summed E-state index contributed by atoms with van der Waals surface area (Å²) in [6.07, 6.45) is 2.61. The maximum absolute atomic E-state index is 11.0. The SMILES string of the molecule is COc1ccc(-c2csc(-n3cccc3C=O)n2)c(Cl)c1. The first-order chi connectivity index (χ1) is 10.2. The van der Waals surface area contributed by atoms with Crippen LogP contribution in [0.3, 0.4) is 0 Å². The van der Waals surface area contributed by atoms with E-state index in [1.807, 2.05) is 29.8 Å². The Morgan fingerprint density at radius 1 is 1.38 bits per heavy atom. The second kappa shape index (κ2) is 5.71. The van der Waals surface area contributed by atoms with Crippen LogP contribution in [0.4, 0.5) is 0 Å². The van der Waals surface area contributed by atoms with Crippen LogP contribution in [0.2, 0.25) is 5.02 Å². The molecule has 0 fully saturated rings. The van der Waals surface area contributed by atoms with Crippen molar-refractivity contribution >= 4 is 29.2 Å². The molecule has 21 heavy (non-hydrogen) atoms. The van der Waals surface area contributed by atoms with Crippen molar-refractivity contribution in [3.63, 3.8) is 0 Å². The van der Waals surface area contributed by atoms with Gasteiger partial charge in [-0.2, -0.15) is 0 Å². The Morgan fingerprint density at radius 3 is 2.95 bits per heavy atom. The lowest BCUT2D eigenvalue weighted by Gasteiger charge is -2.04. The molecule has 0 amide bonds. The zero-order chi connectivity index (χ0) is 14.8. The van der Waals surface area contributed by atoms with E-state index >= 15 is 0 Å². The number of carbonyl (C=O) groups excluding carboxylic acids is 1. The topological polar surface area (TPSA) is 44.1 Å². The summed E-state index contributed by atoms with van der Waals surface area (Å²) < 4.78 is 6.88. The van der Waals surface area contributed by atoms with E-state index < -0.39 is 0 Å². The summed E-state index contributed by atoms with van der Waals surface area (Å²) in [5, 5.41) is 3.22. The molecule has 0 saturated carbocycles. The Bertz CT molecular complexity index is 795. The van der Waals surface area contributed by atoms with E-state index in [9.17, 15) is 4.79 Å². The van der Waals surface area contributed by atoms with Crippen LogP contribution >= 0.6 is 22.9 Å². The van der Waals surface area contributed by atoms with Gasteiger partial charge < -0.3 is 4.74 Å². The molecule has 0 bridgehead atoms. The molecular formula is C15H11ClN2O2S. The van der Waals surface area contributed by atoms with Crippen LogP contribution in [-0.2, 0) is 0 Å². The van der Waals surface area contributed by atoms with E-state index in [1.165, 1.54) is 11.3 Å². The highest BCUT2D eigenvalue weighted by molar-refractivity contribution is 7.12. The number of ether oxygens (including phenoxy) is 1. The third kappa shape index (κ3) is 2.57. The first kappa shape index (κ1) is 13.9. The number of rotatable bonds is 4. The highest BCUT2D eigenvalue weighted by atomic mass is 35.5. The summed E-state index contributed by atoms with van der Waals surface area (Å²) in [5.41, 5.74) is 2.17. The Hall–Kier alpha value is -2.11. The van der Waals surface area contributed by atoms with Gasteiger partial charge in [-0.05, 0) is 30.3 Å². The fourth-order valence-electron chi connectivity index (χ4n) is 1.99. The Balaban J connectivity index is 2.01. The summed E-state index contributed by atoms with van der Waals surface area (Å²) in [5.74, 6) is 0.702. The van der Waals surface area contributed by atoms with Gasteiger partial charge in [0.1, 0.15) is 5.75 Å². The van der Waals surface area contributed by atoms with Gasteiger partial charge in [0.25, 0.3) is 0 Å². The number of thiazole rings is 1. The van der Waals surface area contributed by atoms with Crippen molar-refractivity contribution in [3.05, 3.63) is 52.6 Å². The lowest BCUT2D eigenvalue weighted by atomic mass is 10.2. The predicted octanol–water partition coefficient (Wildman–Crippen LogP) is 4.08. The number of aromatic nitrogens is 2. The molecular weight excluding hydrogens is 308 g/mol. The standard InChI is InChI=1S/C15H11ClN2O2S/c1-20-11-4-5-12(13(16)7-11)14-9-21-15(17-14)18-6-2-3-10(18)8-19/h2-9H,1H3. The lowest BCUT2D eigenvalue weighted by molar-refractivity contribution is 0.111. The van der Waals surface area contributed by atoms with Gasteiger partial charge >= 0.3 is 0 Å². The van der Waals surface area contributed by atoms with E-state index in [0.29, 0.717) is 16.5 Å². The van der Waals surface area contributed by atoms with Gasteiger partial charge in [-0.3, -0.25) is 9.36 Å². The molecule has 2 aromatic heterocycles. The first-order valence-corrected chi connectivity index (χ1v) is 7.41. The first-order valence-electron chi connectivity index (χ1n) is 6.15. The maximum atomic E-state index is 11.0. The van der Waals surface area contributed by atoms with Crippen molar-refractivity contribution in [2.75, 3.05) is 7.11 Å². The molecule has 3 aromatic rings. The number of halogens is 1. The van der Waals surface area contributed by atoms with E-state index in [0.717, 1.165) is 22.7 Å². The minimum Gasteiger partial charge on any atom is -0.497 e. The Labute approximate surface area is 130 Å². The van der Waals surface area contributed by atoms with Gasteiger partial charge in [0.05, 0.1) is 23.5 Å². The minimum atomic E-state index is 0.566. The summed E-state index contributed by atoms with van der Waals surface area (Å²) >= 11 is 7.71. The third-order valence-corrected chi connectivity index (χ3v) is 4.20. The molecule has 3 rings (SSSR count). The van der Waals surface area contributed by atoms with E-state index in [-0.39, 0.29) is 0 Å². The van der Waals surface area contributed by atoms with Crippen molar-refractivity contribution in [2.45, 2.75) is 0 Å². The molecule has 0 unspecified atom stereocenters. The van der Waals surface area contributed by atoms with Gasteiger partial charge in [0, 0.05) is 17.1 Å². The van der Waals surface area contributed by atoms with Crippen LogP contribution in [0.1, 0.15) is 10.5 Å². The molecule has 6 heteroatoms. The van der Waals surface area contributed by atoms with Crippen LogP contribution in [0, 0.1) is 0 Å². The summed E-state index contributed by atoms with van der Waals surface area (Å²) in [6.45, 7) is 0. The number of methoxy groups -OCH3 is 1. The third-order valence-electron chi connectivity index (χ3n) is 3.05. The van der Waals surface area contributed by atoms with Gasteiger partial charge in [-0.1, -0.05) is 11.6 Å². The van der Waals surface area contributed by atoms with Crippen LogP contribution in [0.5, 0.6) is 5.75 Å². The lowest BCUT2D eigenvalue weighted by Crippen LogP contribution is -1.96. The van der Waals surface area contributed by atoms with Gasteiger partial charge in [-0.15, -0.1) is 11.3 Å². The van der Waals surface area contributed by atoms with E-state index in [4.69, 9.17) is 16.3 Å². The summed E-state index contributed by atoms with van der Waals surface area (Å²) in [4.78, 5) is 15.5. The smallest absolute Gasteiger partial charge is 0.194 e. The second-order valence-corrected chi connectivity index (χ2v) is 5.53. The molecule has 1 aromatic carbocycles. The fourth-order valence-corrected chi connectivity index (χ4v) is 3.09. The second-order valence-electron chi connectivity index (χ2n) is 4.28. The number of aldehydes is 1. The Morgan fingerprint density at radius 2 is 2.24 bits per heavy atom. The quantitative estimate of drug-likeness (QED) is 0.681.